The smallest absolute Gasteiger partial charge is 0.338 e. The zero-order chi connectivity index (χ0) is 19.1. The van der Waals surface area contributed by atoms with Crippen LogP contribution in [0.3, 0.4) is 0 Å². The van der Waals surface area contributed by atoms with Crippen molar-refractivity contribution < 1.29 is 19.4 Å². The van der Waals surface area contributed by atoms with Crippen molar-refractivity contribution >= 4 is 35.2 Å². The molecule has 0 atom stereocenters. The largest absolute Gasteiger partial charge is 0.507 e. The highest BCUT2D eigenvalue weighted by atomic mass is 35.5. The second-order valence-corrected chi connectivity index (χ2v) is 5.56. The van der Waals surface area contributed by atoms with E-state index in [1.54, 1.807) is 13.0 Å². The normalized spacial score (nSPS) is 10.7. The molecule has 2 aromatic carbocycles. The summed E-state index contributed by atoms with van der Waals surface area (Å²) in [7, 11) is 0. The first-order valence-electron chi connectivity index (χ1n) is 7.63. The molecule has 0 aliphatic rings. The predicted octanol–water partition coefficient (Wildman–Crippen LogP) is 3.77. The molecule has 0 unspecified atom stereocenters. The third-order valence-electron chi connectivity index (χ3n) is 3.31. The molecule has 6 nitrogen and oxygen atoms in total. The number of nitrogens with one attached hydrogen (secondary N) is 1. The van der Waals surface area contributed by atoms with Gasteiger partial charge in [0, 0.05) is 16.3 Å². The topological polar surface area (TPSA) is 99.4 Å². The Morgan fingerprint density at radius 2 is 1.96 bits per heavy atom. The number of hydrogen-bond acceptors (Lipinski definition) is 5. The van der Waals surface area contributed by atoms with Crippen LogP contribution in [0.2, 0.25) is 5.02 Å². The lowest BCUT2D eigenvalue weighted by atomic mass is 10.1. The zero-order valence-corrected chi connectivity index (χ0v) is 14.6. The number of amides is 1. The molecule has 0 aliphatic carbocycles. The van der Waals surface area contributed by atoms with Gasteiger partial charge in [-0.1, -0.05) is 11.6 Å². The van der Waals surface area contributed by atoms with Gasteiger partial charge in [0.05, 0.1) is 12.2 Å². The number of carbonyl (C=O) groups excluding carboxylic acids is 2. The van der Waals surface area contributed by atoms with E-state index in [-0.39, 0.29) is 23.5 Å². The Balaban J connectivity index is 2.17. The number of halogens is 1. The lowest BCUT2D eigenvalue weighted by Crippen LogP contribution is -2.13. The van der Waals surface area contributed by atoms with E-state index < -0.39 is 11.9 Å². The first-order chi connectivity index (χ1) is 12.4. The van der Waals surface area contributed by atoms with Crippen molar-refractivity contribution in [2.24, 2.45) is 0 Å². The molecule has 26 heavy (non-hydrogen) atoms. The molecule has 0 saturated heterocycles. The van der Waals surface area contributed by atoms with Crippen molar-refractivity contribution in [3.05, 3.63) is 64.2 Å². The molecule has 2 rings (SSSR count). The summed E-state index contributed by atoms with van der Waals surface area (Å²) in [5.41, 5.74) is 0.795. The highest BCUT2D eigenvalue weighted by molar-refractivity contribution is 6.30. The molecule has 0 radical (unpaired) electrons. The number of aromatic hydroxyl groups is 1. The minimum absolute atomic E-state index is 0.103. The predicted molar refractivity (Wildman–Crippen MR) is 97.7 cm³/mol. The number of anilines is 1. The van der Waals surface area contributed by atoms with Gasteiger partial charge in [-0.15, -0.1) is 0 Å². The summed E-state index contributed by atoms with van der Waals surface area (Å²) in [5.74, 6) is -1.22. The number of phenols is 1. The quantitative estimate of drug-likeness (QED) is 0.474. The Bertz CT molecular complexity index is 899. The number of phenolic OH excluding ortho intramolecular Hbond substituents is 1. The van der Waals surface area contributed by atoms with E-state index in [0.717, 1.165) is 0 Å². The van der Waals surface area contributed by atoms with Crippen LogP contribution in [0.4, 0.5) is 5.69 Å². The number of benzene rings is 2. The molecule has 0 aliphatic heterocycles. The van der Waals surface area contributed by atoms with E-state index >= 15 is 0 Å². The molecular formula is C19H15ClN2O4. The van der Waals surface area contributed by atoms with Crippen molar-refractivity contribution in [2.75, 3.05) is 11.9 Å². The maximum Gasteiger partial charge on any atom is 0.338 e. The van der Waals surface area contributed by atoms with Crippen LogP contribution in [0.25, 0.3) is 6.08 Å². The zero-order valence-electron chi connectivity index (χ0n) is 13.8. The van der Waals surface area contributed by atoms with Crippen LogP contribution in [0.15, 0.2) is 48.0 Å². The maximum absolute atomic E-state index is 12.3. The van der Waals surface area contributed by atoms with E-state index in [4.69, 9.17) is 16.3 Å². The first kappa shape index (κ1) is 19.0. The van der Waals surface area contributed by atoms with Gasteiger partial charge < -0.3 is 15.2 Å². The fourth-order valence-electron chi connectivity index (χ4n) is 2.05. The maximum atomic E-state index is 12.3. The summed E-state index contributed by atoms with van der Waals surface area (Å²) < 4.78 is 4.88. The van der Waals surface area contributed by atoms with Crippen LogP contribution in [-0.4, -0.2) is 23.6 Å². The van der Waals surface area contributed by atoms with Gasteiger partial charge in [0.2, 0.25) is 0 Å². The van der Waals surface area contributed by atoms with Crippen molar-refractivity contribution in [3.8, 4) is 11.8 Å². The number of ether oxygens (including phenoxy) is 1. The van der Waals surface area contributed by atoms with E-state index in [9.17, 15) is 20.0 Å². The lowest BCUT2D eigenvalue weighted by Gasteiger charge is -2.06. The number of nitriles is 1. The molecule has 0 saturated carbocycles. The summed E-state index contributed by atoms with van der Waals surface area (Å²) in [5, 5.41) is 21.9. The summed E-state index contributed by atoms with van der Waals surface area (Å²) in [6, 6.07) is 12.1. The third kappa shape index (κ3) is 4.85. The van der Waals surface area contributed by atoms with Crippen LogP contribution in [0, 0.1) is 11.3 Å². The van der Waals surface area contributed by atoms with Gasteiger partial charge in [-0.2, -0.15) is 5.26 Å². The summed E-state index contributed by atoms with van der Waals surface area (Å²) in [4.78, 5) is 23.9. The van der Waals surface area contributed by atoms with Gasteiger partial charge >= 0.3 is 5.97 Å². The van der Waals surface area contributed by atoms with E-state index in [0.29, 0.717) is 16.3 Å². The molecule has 7 heteroatoms. The van der Waals surface area contributed by atoms with Gasteiger partial charge in [0.1, 0.15) is 17.4 Å². The molecule has 0 fully saturated rings. The molecule has 0 bridgehead atoms. The van der Waals surface area contributed by atoms with Gasteiger partial charge in [0.25, 0.3) is 5.91 Å². The Hall–Kier alpha value is -3.30. The van der Waals surface area contributed by atoms with E-state index in [1.807, 2.05) is 0 Å². The van der Waals surface area contributed by atoms with Crippen LogP contribution in [0.5, 0.6) is 5.75 Å². The Kier molecular flexibility index (Phi) is 6.36. The second kappa shape index (κ2) is 8.70. The summed E-state index contributed by atoms with van der Waals surface area (Å²) >= 11 is 5.85. The fourth-order valence-corrected chi connectivity index (χ4v) is 2.23. The Morgan fingerprint density at radius 1 is 1.27 bits per heavy atom. The standard InChI is InChI=1S/C19H15ClN2O4/c1-2-26-19(25)12-3-6-16(7-4-12)22-18(24)14(11-21)9-13-10-15(20)5-8-17(13)23/h3-10,23H,2H2,1H3,(H,22,24)/b14-9+. The van der Waals surface area contributed by atoms with Crippen molar-refractivity contribution in [1.82, 2.24) is 0 Å². The first-order valence-corrected chi connectivity index (χ1v) is 8.01. The number of nitrogens with zero attached hydrogens (tertiary/aromatic N) is 1. The average Bonchev–Trinajstić information content (AvgIpc) is 2.63. The van der Waals surface area contributed by atoms with E-state index in [1.165, 1.54) is 48.5 Å². The van der Waals surface area contributed by atoms with Crippen LogP contribution in [-0.2, 0) is 9.53 Å². The molecule has 0 spiro atoms. The highest BCUT2D eigenvalue weighted by Gasteiger charge is 2.12. The van der Waals surface area contributed by atoms with Crippen LogP contribution < -0.4 is 5.32 Å². The van der Waals surface area contributed by atoms with Crippen molar-refractivity contribution in [2.45, 2.75) is 6.92 Å². The molecule has 2 aromatic rings. The monoisotopic (exact) mass is 370 g/mol. The summed E-state index contributed by atoms with van der Waals surface area (Å²) in [6.45, 7) is 1.98. The third-order valence-corrected chi connectivity index (χ3v) is 3.54. The minimum atomic E-state index is -0.657. The summed E-state index contributed by atoms with van der Waals surface area (Å²) in [6.07, 6.45) is 1.24. The number of hydrogen-bond donors (Lipinski definition) is 2. The van der Waals surface area contributed by atoms with Gasteiger partial charge in [0.15, 0.2) is 0 Å². The molecule has 1 amide bonds. The SMILES string of the molecule is CCOC(=O)c1ccc(NC(=O)/C(C#N)=C/c2cc(Cl)ccc2O)cc1. The molecular weight excluding hydrogens is 356 g/mol. The highest BCUT2D eigenvalue weighted by Crippen LogP contribution is 2.24. The fraction of sp³-hybridized carbons (Fsp3) is 0.105. The average molecular weight is 371 g/mol. The number of rotatable bonds is 5. The van der Waals surface area contributed by atoms with Crippen LogP contribution >= 0.6 is 11.6 Å². The van der Waals surface area contributed by atoms with Gasteiger partial charge in [-0.05, 0) is 55.5 Å². The lowest BCUT2D eigenvalue weighted by molar-refractivity contribution is -0.112. The van der Waals surface area contributed by atoms with Gasteiger partial charge in [-0.3, -0.25) is 4.79 Å². The Labute approximate surface area is 155 Å². The van der Waals surface area contributed by atoms with Crippen molar-refractivity contribution in [3.63, 3.8) is 0 Å². The number of carbonyl (C=O) groups is 2. The van der Waals surface area contributed by atoms with Crippen LogP contribution in [0.1, 0.15) is 22.8 Å². The van der Waals surface area contributed by atoms with E-state index in [2.05, 4.69) is 5.32 Å². The van der Waals surface area contributed by atoms with Crippen molar-refractivity contribution in [1.29, 1.82) is 5.26 Å². The number of esters is 1. The Morgan fingerprint density at radius 3 is 2.58 bits per heavy atom. The molecule has 0 heterocycles. The molecule has 0 aromatic heterocycles. The molecule has 132 valence electrons. The second-order valence-electron chi connectivity index (χ2n) is 5.12. The minimum Gasteiger partial charge on any atom is -0.507 e. The van der Waals surface area contributed by atoms with Gasteiger partial charge in [-0.25, -0.2) is 4.79 Å². The molecule has 2 N–H and O–H groups in total.